The normalized spacial score (nSPS) is 13.6. The van der Waals surface area contributed by atoms with E-state index in [-0.39, 0.29) is 35.7 Å². The van der Waals surface area contributed by atoms with Gasteiger partial charge >= 0.3 is 0 Å². The van der Waals surface area contributed by atoms with Gasteiger partial charge in [-0.1, -0.05) is 45.0 Å². The van der Waals surface area contributed by atoms with Crippen molar-refractivity contribution >= 4 is 29.2 Å². The number of ether oxygens (including phenoxy) is 1. The summed E-state index contributed by atoms with van der Waals surface area (Å²) in [4.78, 5) is 28.6. The molecule has 0 atom stereocenters. The van der Waals surface area contributed by atoms with Crippen LogP contribution in [0.15, 0.2) is 66.7 Å². The van der Waals surface area contributed by atoms with Crippen LogP contribution in [0.3, 0.4) is 0 Å². The maximum atomic E-state index is 13.1. The summed E-state index contributed by atoms with van der Waals surface area (Å²) in [5, 5.41) is 16.4. The van der Waals surface area contributed by atoms with Crippen molar-refractivity contribution in [3.8, 4) is 17.1 Å². The van der Waals surface area contributed by atoms with Gasteiger partial charge in [-0.2, -0.15) is 15.0 Å². The molecule has 0 radical (unpaired) electrons. The molecule has 1 amide bonds. The van der Waals surface area contributed by atoms with Crippen molar-refractivity contribution in [2.75, 3.05) is 42.6 Å². The van der Waals surface area contributed by atoms with Gasteiger partial charge in [-0.3, -0.25) is 9.69 Å². The zero-order chi connectivity index (χ0) is 30.4. The van der Waals surface area contributed by atoms with Crippen LogP contribution in [0.4, 0.5) is 23.3 Å². The lowest BCUT2D eigenvalue weighted by Crippen LogP contribution is -2.25. The number of amides is 1. The van der Waals surface area contributed by atoms with Gasteiger partial charge in [0.15, 0.2) is 5.82 Å². The summed E-state index contributed by atoms with van der Waals surface area (Å²) in [7, 11) is 0. The fourth-order valence-electron chi connectivity index (χ4n) is 5.03. The molecule has 5 N–H and O–H groups in total. The monoisotopic (exact) mass is 581 g/mol. The molecule has 1 aliphatic heterocycles. The van der Waals surface area contributed by atoms with Crippen molar-refractivity contribution in [2.24, 2.45) is 0 Å². The summed E-state index contributed by atoms with van der Waals surface area (Å²) < 4.78 is 5.90. The number of nitrogens with one attached hydrogen (secondary N) is 2. The molecular formula is C33H39N7O3. The van der Waals surface area contributed by atoms with E-state index in [4.69, 9.17) is 10.5 Å². The van der Waals surface area contributed by atoms with E-state index in [0.717, 1.165) is 36.6 Å². The SMILES string of the molecule is CC(C)(C)c1ccc(C(=O)Nc2cccc(-c3nc(N)nc(Nc4ccc(OCCN5CCCC5)cc4)n3)c2CO)cc1. The molecule has 1 aromatic heterocycles. The van der Waals surface area contributed by atoms with E-state index in [1.165, 1.54) is 12.8 Å². The number of anilines is 4. The van der Waals surface area contributed by atoms with Gasteiger partial charge in [-0.15, -0.1) is 0 Å². The van der Waals surface area contributed by atoms with Crippen LogP contribution in [0, 0.1) is 0 Å². The molecule has 5 rings (SSSR count). The number of nitrogens with two attached hydrogens (primary N) is 1. The Labute approximate surface area is 252 Å². The number of nitrogens with zero attached hydrogens (tertiary/aromatic N) is 4. The lowest BCUT2D eigenvalue weighted by molar-refractivity contribution is 0.102. The molecule has 0 bridgehead atoms. The first-order valence-corrected chi connectivity index (χ1v) is 14.6. The van der Waals surface area contributed by atoms with E-state index in [9.17, 15) is 9.90 Å². The predicted octanol–water partition coefficient (Wildman–Crippen LogP) is 5.38. The highest BCUT2D eigenvalue weighted by Gasteiger charge is 2.18. The number of aromatic nitrogens is 3. The predicted molar refractivity (Wildman–Crippen MR) is 170 cm³/mol. The molecule has 0 spiro atoms. The summed E-state index contributed by atoms with van der Waals surface area (Å²) >= 11 is 0. The van der Waals surface area contributed by atoms with E-state index >= 15 is 0 Å². The number of carbonyl (C=O) groups excluding carboxylic acids is 1. The number of aliphatic hydroxyl groups is 1. The summed E-state index contributed by atoms with van der Waals surface area (Å²) in [6.07, 6.45) is 2.53. The number of aliphatic hydroxyl groups excluding tert-OH is 1. The number of nitrogen functional groups attached to an aromatic ring is 1. The average Bonchev–Trinajstić information content (AvgIpc) is 3.51. The third kappa shape index (κ3) is 7.65. The third-order valence-electron chi connectivity index (χ3n) is 7.47. The van der Waals surface area contributed by atoms with Gasteiger partial charge in [0.05, 0.1) is 6.61 Å². The van der Waals surface area contributed by atoms with Gasteiger partial charge < -0.3 is 26.2 Å². The number of carbonyl (C=O) groups is 1. The number of likely N-dealkylation sites (tertiary alicyclic amines) is 1. The second-order valence-electron chi connectivity index (χ2n) is 11.7. The molecule has 10 nitrogen and oxygen atoms in total. The Morgan fingerprint density at radius 1 is 0.977 bits per heavy atom. The molecule has 2 heterocycles. The van der Waals surface area contributed by atoms with Crippen LogP contribution in [0.5, 0.6) is 5.75 Å². The molecule has 0 unspecified atom stereocenters. The quantitative estimate of drug-likeness (QED) is 0.194. The standard InChI is InChI=1S/C33H39N7O3/c1-33(2,3)23-11-9-22(10-12-23)30(42)36-28-8-6-7-26(27(28)21-41)29-37-31(34)39-32(38-29)35-24-13-15-25(16-14-24)43-20-19-40-17-4-5-18-40/h6-16,41H,4-5,17-21H2,1-3H3,(H,36,42)(H3,34,35,37,38,39). The molecule has 4 aromatic rings. The van der Waals surface area contributed by atoms with Crippen LogP contribution in [0.1, 0.15) is 55.1 Å². The number of rotatable bonds is 10. The summed E-state index contributed by atoms with van der Waals surface area (Å²) in [5.74, 6) is 1.05. The molecular weight excluding hydrogens is 542 g/mol. The molecule has 10 heteroatoms. The van der Waals surface area contributed by atoms with Crippen LogP contribution >= 0.6 is 0 Å². The molecule has 0 saturated carbocycles. The van der Waals surface area contributed by atoms with Gasteiger partial charge in [0.25, 0.3) is 5.91 Å². The zero-order valence-corrected chi connectivity index (χ0v) is 24.9. The van der Waals surface area contributed by atoms with Crippen LogP contribution in [-0.2, 0) is 12.0 Å². The van der Waals surface area contributed by atoms with Crippen molar-refractivity contribution < 1.29 is 14.6 Å². The first kappa shape index (κ1) is 29.9. The maximum Gasteiger partial charge on any atom is 0.255 e. The Morgan fingerprint density at radius 3 is 2.37 bits per heavy atom. The Kier molecular flexibility index (Phi) is 9.18. The Balaban J connectivity index is 1.29. The van der Waals surface area contributed by atoms with E-state index in [1.54, 1.807) is 30.3 Å². The summed E-state index contributed by atoms with van der Waals surface area (Å²) in [6, 6.07) is 20.3. The second kappa shape index (κ2) is 13.2. The van der Waals surface area contributed by atoms with E-state index in [0.29, 0.717) is 29.0 Å². The van der Waals surface area contributed by atoms with Crippen molar-refractivity contribution in [3.63, 3.8) is 0 Å². The van der Waals surface area contributed by atoms with E-state index in [1.807, 2.05) is 36.4 Å². The molecule has 1 aliphatic rings. The lowest BCUT2D eigenvalue weighted by atomic mass is 9.86. The van der Waals surface area contributed by atoms with Gasteiger partial charge in [0.1, 0.15) is 12.4 Å². The molecule has 3 aromatic carbocycles. The van der Waals surface area contributed by atoms with Crippen molar-refractivity contribution in [1.82, 2.24) is 19.9 Å². The lowest BCUT2D eigenvalue weighted by Gasteiger charge is -2.19. The molecule has 1 saturated heterocycles. The fraction of sp³-hybridized carbons (Fsp3) is 0.333. The van der Waals surface area contributed by atoms with Gasteiger partial charge in [0.2, 0.25) is 11.9 Å². The zero-order valence-electron chi connectivity index (χ0n) is 24.9. The molecule has 1 fully saturated rings. The van der Waals surface area contributed by atoms with E-state index in [2.05, 4.69) is 51.3 Å². The third-order valence-corrected chi connectivity index (χ3v) is 7.47. The summed E-state index contributed by atoms with van der Waals surface area (Å²) in [6.45, 7) is 9.90. The van der Waals surface area contributed by atoms with Crippen molar-refractivity contribution in [2.45, 2.75) is 45.6 Å². The average molecular weight is 582 g/mol. The fourth-order valence-corrected chi connectivity index (χ4v) is 5.03. The Bertz CT molecular complexity index is 1540. The minimum Gasteiger partial charge on any atom is -0.492 e. The van der Waals surface area contributed by atoms with E-state index < -0.39 is 0 Å². The van der Waals surface area contributed by atoms with Gasteiger partial charge in [-0.25, -0.2) is 0 Å². The second-order valence-corrected chi connectivity index (χ2v) is 11.7. The first-order chi connectivity index (χ1) is 20.7. The van der Waals surface area contributed by atoms with Crippen LogP contribution in [0.25, 0.3) is 11.4 Å². The van der Waals surface area contributed by atoms with Crippen LogP contribution in [0.2, 0.25) is 0 Å². The molecule has 224 valence electrons. The number of hydrogen-bond donors (Lipinski definition) is 4. The topological polar surface area (TPSA) is 139 Å². The first-order valence-electron chi connectivity index (χ1n) is 14.6. The molecule has 43 heavy (non-hydrogen) atoms. The maximum absolute atomic E-state index is 13.1. The van der Waals surface area contributed by atoms with Crippen LogP contribution < -0.4 is 21.1 Å². The largest absolute Gasteiger partial charge is 0.492 e. The highest BCUT2D eigenvalue weighted by molar-refractivity contribution is 6.05. The number of benzene rings is 3. The highest BCUT2D eigenvalue weighted by Crippen LogP contribution is 2.30. The van der Waals surface area contributed by atoms with Gasteiger partial charge in [0, 0.05) is 34.6 Å². The Morgan fingerprint density at radius 2 is 1.70 bits per heavy atom. The minimum absolute atomic E-state index is 0.0157. The minimum atomic E-state index is -0.345. The molecule has 0 aliphatic carbocycles. The van der Waals surface area contributed by atoms with Crippen LogP contribution in [-0.4, -0.2) is 57.1 Å². The summed E-state index contributed by atoms with van der Waals surface area (Å²) in [5.41, 5.74) is 9.89. The van der Waals surface area contributed by atoms with Gasteiger partial charge in [-0.05, 0) is 79.4 Å². The van der Waals surface area contributed by atoms with Crippen molar-refractivity contribution in [1.29, 1.82) is 0 Å². The number of hydrogen-bond acceptors (Lipinski definition) is 9. The van der Waals surface area contributed by atoms with Crippen molar-refractivity contribution in [3.05, 3.63) is 83.4 Å². The Hall–Kier alpha value is -4.54. The highest BCUT2D eigenvalue weighted by atomic mass is 16.5. The smallest absolute Gasteiger partial charge is 0.255 e.